The number of hydrogen-bond donors (Lipinski definition) is 3. The number of benzene rings is 2. The maximum Gasteiger partial charge on any atom is 0.269 e. The van der Waals surface area contributed by atoms with Crippen LogP contribution in [0.15, 0.2) is 54.6 Å². The van der Waals surface area contributed by atoms with Crippen LogP contribution in [-0.2, 0) is 9.59 Å². The van der Waals surface area contributed by atoms with Gasteiger partial charge in [-0.2, -0.15) is 0 Å². The summed E-state index contributed by atoms with van der Waals surface area (Å²) in [6, 6.07) is 13.6. The lowest BCUT2D eigenvalue weighted by Gasteiger charge is -2.07. The summed E-state index contributed by atoms with van der Waals surface area (Å²) >= 11 is 0. The molecule has 7 heteroatoms. The van der Waals surface area contributed by atoms with Gasteiger partial charge in [0.05, 0.1) is 7.11 Å². The van der Waals surface area contributed by atoms with E-state index in [2.05, 4.69) is 16.2 Å². The lowest BCUT2D eigenvalue weighted by molar-refractivity contribution is -0.117. The zero-order valence-corrected chi connectivity index (χ0v) is 15.8. The molecule has 0 aliphatic heterocycles. The Morgan fingerprint density at radius 2 is 1.71 bits per heavy atom. The third-order valence-corrected chi connectivity index (χ3v) is 3.76. The first-order valence-electron chi connectivity index (χ1n) is 8.84. The second kappa shape index (κ2) is 10.5. The molecule has 0 fully saturated rings. The van der Waals surface area contributed by atoms with Gasteiger partial charge in [0.2, 0.25) is 5.91 Å². The van der Waals surface area contributed by atoms with E-state index in [0.717, 1.165) is 12.0 Å². The number of anilines is 1. The highest BCUT2D eigenvalue weighted by molar-refractivity contribution is 5.98. The van der Waals surface area contributed by atoms with Crippen LogP contribution in [0.4, 0.5) is 5.69 Å². The normalized spacial score (nSPS) is 10.4. The van der Waals surface area contributed by atoms with Crippen molar-refractivity contribution < 1.29 is 19.1 Å². The van der Waals surface area contributed by atoms with Crippen LogP contribution in [0.25, 0.3) is 6.08 Å². The topological polar surface area (TPSA) is 96.5 Å². The van der Waals surface area contributed by atoms with Crippen LogP contribution in [0.2, 0.25) is 0 Å². The number of para-hydroxylation sites is 1. The Morgan fingerprint density at radius 3 is 2.39 bits per heavy atom. The summed E-state index contributed by atoms with van der Waals surface area (Å²) < 4.78 is 5.20. The van der Waals surface area contributed by atoms with Gasteiger partial charge in [0, 0.05) is 29.3 Å². The van der Waals surface area contributed by atoms with Gasteiger partial charge in [-0.15, -0.1) is 0 Å². The first kappa shape index (κ1) is 20.7. The second-order valence-corrected chi connectivity index (χ2v) is 5.89. The Labute approximate surface area is 163 Å². The second-order valence-electron chi connectivity index (χ2n) is 5.89. The molecule has 0 heterocycles. The number of methoxy groups -OCH3 is 1. The summed E-state index contributed by atoms with van der Waals surface area (Å²) in [6.07, 6.45) is 4.09. The maximum atomic E-state index is 12.1. The molecule has 2 rings (SSSR count). The van der Waals surface area contributed by atoms with E-state index in [0.29, 0.717) is 23.4 Å². The molecule has 0 aliphatic carbocycles. The third-order valence-electron chi connectivity index (χ3n) is 3.76. The van der Waals surface area contributed by atoms with Crippen LogP contribution < -0.4 is 20.9 Å². The quantitative estimate of drug-likeness (QED) is 0.507. The van der Waals surface area contributed by atoms with Crippen molar-refractivity contribution in [3.63, 3.8) is 0 Å². The zero-order chi connectivity index (χ0) is 20.4. The van der Waals surface area contributed by atoms with E-state index in [1.807, 2.05) is 25.1 Å². The van der Waals surface area contributed by atoms with Crippen molar-refractivity contribution in [2.45, 2.75) is 19.8 Å². The number of nitrogens with one attached hydrogen (secondary N) is 3. The largest absolute Gasteiger partial charge is 0.496 e. The Morgan fingerprint density at radius 1 is 1.00 bits per heavy atom. The van der Waals surface area contributed by atoms with E-state index >= 15 is 0 Å². The van der Waals surface area contributed by atoms with Crippen LogP contribution >= 0.6 is 0 Å². The van der Waals surface area contributed by atoms with Gasteiger partial charge in [0.1, 0.15) is 5.75 Å². The van der Waals surface area contributed by atoms with E-state index in [1.54, 1.807) is 43.5 Å². The molecular formula is C21H23N3O4. The standard InChI is InChI=1S/C21H23N3O4/c1-3-6-19(25)22-17-12-9-16(10-13-17)21(27)24-23-20(26)14-11-15-7-4-5-8-18(15)28-2/h4-5,7-14H,3,6H2,1-2H3,(H,22,25)(H,23,26)(H,24,27). The molecule has 0 saturated carbocycles. The smallest absolute Gasteiger partial charge is 0.269 e. The molecule has 146 valence electrons. The fourth-order valence-corrected chi connectivity index (χ4v) is 2.36. The molecule has 0 aliphatic rings. The van der Waals surface area contributed by atoms with Gasteiger partial charge in [0.25, 0.3) is 11.8 Å². The fourth-order valence-electron chi connectivity index (χ4n) is 2.36. The molecule has 0 aromatic heterocycles. The van der Waals surface area contributed by atoms with Gasteiger partial charge in [-0.3, -0.25) is 25.2 Å². The molecule has 28 heavy (non-hydrogen) atoms. The van der Waals surface area contributed by atoms with Crippen molar-refractivity contribution in [2.24, 2.45) is 0 Å². The summed E-state index contributed by atoms with van der Waals surface area (Å²) in [6.45, 7) is 1.92. The van der Waals surface area contributed by atoms with Gasteiger partial charge >= 0.3 is 0 Å². The van der Waals surface area contributed by atoms with Crippen LogP contribution in [-0.4, -0.2) is 24.8 Å². The number of hydrogen-bond acceptors (Lipinski definition) is 4. The predicted octanol–water partition coefficient (Wildman–Crippen LogP) is 2.91. The zero-order valence-electron chi connectivity index (χ0n) is 15.8. The number of carbonyl (C=O) groups is 3. The molecular weight excluding hydrogens is 358 g/mol. The molecule has 0 bridgehead atoms. The Bertz CT molecular complexity index is 860. The lowest BCUT2D eigenvalue weighted by atomic mass is 10.2. The van der Waals surface area contributed by atoms with E-state index in [1.165, 1.54) is 6.08 Å². The average Bonchev–Trinajstić information content (AvgIpc) is 2.71. The first-order chi connectivity index (χ1) is 13.5. The number of amides is 3. The molecule has 0 radical (unpaired) electrons. The Hall–Kier alpha value is -3.61. The summed E-state index contributed by atoms with van der Waals surface area (Å²) in [4.78, 5) is 35.6. The molecule has 3 N–H and O–H groups in total. The van der Waals surface area contributed by atoms with Crippen LogP contribution in [0.1, 0.15) is 35.7 Å². The lowest BCUT2D eigenvalue weighted by Crippen LogP contribution is -2.40. The molecule has 0 unspecified atom stereocenters. The summed E-state index contributed by atoms with van der Waals surface area (Å²) in [7, 11) is 1.55. The van der Waals surface area contributed by atoms with E-state index < -0.39 is 11.8 Å². The van der Waals surface area contributed by atoms with Gasteiger partial charge in [-0.25, -0.2) is 0 Å². The van der Waals surface area contributed by atoms with Crippen molar-refractivity contribution >= 4 is 29.5 Å². The van der Waals surface area contributed by atoms with Crippen molar-refractivity contribution in [1.82, 2.24) is 10.9 Å². The Balaban J connectivity index is 1.86. The predicted molar refractivity (Wildman–Crippen MR) is 108 cm³/mol. The van der Waals surface area contributed by atoms with E-state index in [-0.39, 0.29) is 5.91 Å². The summed E-state index contributed by atoms with van der Waals surface area (Å²) in [5.41, 5.74) is 6.35. The van der Waals surface area contributed by atoms with Crippen LogP contribution in [0, 0.1) is 0 Å². The molecule has 2 aromatic carbocycles. The fraction of sp³-hybridized carbons (Fsp3) is 0.190. The minimum absolute atomic E-state index is 0.0752. The van der Waals surface area contributed by atoms with E-state index in [4.69, 9.17) is 4.74 Å². The van der Waals surface area contributed by atoms with Gasteiger partial charge in [-0.1, -0.05) is 25.1 Å². The molecule has 2 aromatic rings. The summed E-state index contributed by atoms with van der Waals surface area (Å²) in [5, 5.41) is 2.74. The first-order valence-corrected chi connectivity index (χ1v) is 8.84. The SMILES string of the molecule is CCCC(=O)Nc1ccc(C(=O)NNC(=O)C=Cc2ccccc2OC)cc1. The van der Waals surface area contributed by atoms with Crippen molar-refractivity contribution in [3.05, 3.63) is 65.7 Å². The maximum absolute atomic E-state index is 12.1. The number of hydrazine groups is 1. The number of carbonyl (C=O) groups excluding carboxylic acids is 3. The molecule has 0 atom stereocenters. The monoisotopic (exact) mass is 381 g/mol. The van der Waals surface area contributed by atoms with Crippen molar-refractivity contribution in [2.75, 3.05) is 12.4 Å². The van der Waals surface area contributed by atoms with Gasteiger partial charge in [-0.05, 0) is 42.8 Å². The molecule has 0 spiro atoms. The van der Waals surface area contributed by atoms with Crippen LogP contribution in [0.3, 0.4) is 0 Å². The third kappa shape index (κ3) is 6.28. The van der Waals surface area contributed by atoms with Crippen LogP contribution in [0.5, 0.6) is 5.75 Å². The van der Waals surface area contributed by atoms with Crippen molar-refractivity contribution in [3.8, 4) is 5.75 Å². The highest BCUT2D eigenvalue weighted by atomic mass is 16.5. The number of ether oxygens (including phenoxy) is 1. The van der Waals surface area contributed by atoms with Gasteiger partial charge < -0.3 is 10.1 Å². The molecule has 7 nitrogen and oxygen atoms in total. The summed E-state index contributed by atoms with van der Waals surface area (Å²) in [5.74, 6) is -0.385. The van der Waals surface area contributed by atoms with Crippen molar-refractivity contribution in [1.29, 1.82) is 0 Å². The average molecular weight is 381 g/mol. The number of rotatable bonds is 7. The highest BCUT2D eigenvalue weighted by Crippen LogP contribution is 2.18. The molecule has 3 amide bonds. The molecule has 0 saturated heterocycles. The minimum atomic E-state index is -0.484. The van der Waals surface area contributed by atoms with E-state index in [9.17, 15) is 14.4 Å². The highest BCUT2D eigenvalue weighted by Gasteiger charge is 2.07. The Kier molecular flexibility index (Phi) is 7.77. The van der Waals surface area contributed by atoms with Gasteiger partial charge in [0.15, 0.2) is 0 Å². The minimum Gasteiger partial charge on any atom is -0.496 e.